The van der Waals surface area contributed by atoms with Crippen LogP contribution in [0.4, 0.5) is 23.5 Å². The second-order valence-electron chi connectivity index (χ2n) is 6.87. The molecule has 166 valence electrons. The summed E-state index contributed by atoms with van der Waals surface area (Å²) >= 11 is 3.50. The van der Waals surface area contributed by atoms with Crippen LogP contribution in [0.1, 0.15) is 11.1 Å². The Morgan fingerprint density at radius 1 is 0.879 bits per heavy atom. The fourth-order valence-corrected chi connectivity index (χ4v) is 3.27. The zero-order chi connectivity index (χ0) is 22.9. The second-order valence-corrected chi connectivity index (χ2v) is 7.79. The SMILES string of the molecule is CNc1nc(N/N=C\c2cc(Br)ccc2OCc2ccccc2)nc(Nc2ccccc2)n1. The van der Waals surface area contributed by atoms with Crippen molar-refractivity contribution in [2.75, 3.05) is 23.1 Å². The van der Waals surface area contributed by atoms with Gasteiger partial charge in [-0.25, -0.2) is 5.43 Å². The van der Waals surface area contributed by atoms with E-state index in [9.17, 15) is 0 Å². The van der Waals surface area contributed by atoms with Crippen molar-refractivity contribution >= 4 is 45.7 Å². The highest BCUT2D eigenvalue weighted by Gasteiger charge is 2.07. The van der Waals surface area contributed by atoms with Gasteiger partial charge >= 0.3 is 0 Å². The van der Waals surface area contributed by atoms with E-state index in [1.807, 2.05) is 78.9 Å². The maximum Gasteiger partial charge on any atom is 0.250 e. The first kappa shape index (κ1) is 22.2. The number of halogens is 1. The molecule has 33 heavy (non-hydrogen) atoms. The van der Waals surface area contributed by atoms with E-state index in [1.165, 1.54) is 0 Å². The zero-order valence-electron chi connectivity index (χ0n) is 17.9. The molecule has 0 fully saturated rings. The molecule has 0 unspecified atom stereocenters. The van der Waals surface area contributed by atoms with Gasteiger partial charge in [-0.2, -0.15) is 20.1 Å². The number of nitrogens with zero attached hydrogens (tertiary/aromatic N) is 4. The van der Waals surface area contributed by atoms with Crippen molar-refractivity contribution in [2.45, 2.75) is 6.61 Å². The van der Waals surface area contributed by atoms with Crippen LogP contribution in [-0.4, -0.2) is 28.2 Å². The number of hydrogen-bond donors (Lipinski definition) is 3. The lowest BCUT2D eigenvalue weighted by molar-refractivity contribution is 0.306. The number of rotatable bonds is 9. The molecule has 9 heteroatoms. The summed E-state index contributed by atoms with van der Waals surface area (Å²) in [5, 5.41) is 10.4. The van der Waals surface area contributed by atoms with Crippen molar-refractivity contribution in [1.82, 2.24) is 15.0 Å². The molecular weight excluding hydrogens is 482 g/mol. The van der Waals surface area contributed by atoms with E-state index in [0.29, 0.717) is 30.2 Å². The van der Waals surface area contributed by atoms with Gasteiger partial charge in [-0.1, -0.05) is 64.5 Å². The molecule has 0 saturated heterocycles. The summed E-state index contributed by atoms with van der Waals surface area (Å²) in [4.78, 5) is 13.0. The minimum absolute atomic E-state index is 0.297. The lowest BCUT2D eigenvalue weighted by Gasteiger charge is -2.10. The first-order valence-corrected chi connectivity index (χ1v) is 11.0. The van der Waals surface area contributed by atoms with Gasteiger partial charge in [0.25, 0.3) is 0 Å². The van der Waals surface area contributed by atoms with Gasteiger partial charge in [0.15, 0.2) is 0 Å². The van der Waals surface area contributed by atoms with E-state index < -0.39 is 0 Å². The van der Waals surface area contributed by atoms with Crippen molar-refractivity contribution in [2.24, 2.45) is 5.10 Å². The Hall–Kier alpha value is -3.98. The molecule has 0 atom stereocenters. The van der Waals surface area contributed by atoms with E-state index in [0.717, 1.165) is 21.3 Å². The Bertz CT molecular complexity index is 1220. The Morgan fingerprint density at radius 3 is 2.33 bits per heavy atom. The van der Waals surface area contributed by atoms with Crippen LogP contribution in [0.15, 0.2) is 88.4 Å². The number of aromatic nitrogens is 3. The van der Waals surface area contributed by atoms with Crippen molar-refractivity contribution in [1.29, 1.82) is 0 Å². The van der Waals surface area contributed by atoms with Gasteiger partial charge in [0, 0.05) is 22.8 Å². The van der Waals surface area contributed by atoms with Crippen LogP contribution >= 0.6 is 15.9 Å². The fraction of sp³-hybridized carbons (Fsp3) is 0.0833. The molecule has 3 aromatic carbocycles. The standard InChI is InChI=1S/C24H22BrN7O/c1-26-22-29-23(28-20-10-6-3-7-11-20)31-24(30-22)32-27-15-18-14-19(25)12-13-21(18)33-16-17-8-4-2-5-9-17/h2-15H,16H2,1H3,(H3,26,28,29,30,31,32)/b27-15-. The molecule has 8 nitrogen and oxygen atoms in total. The number of nitrogens with one attached hydrogen (secondary N) is 3. The molecule has 1 heterocycles. The largest absolute Gasteiger partial charge is 0.488 e. The average molecular weight is 504 g/mol. The molecule has 0 spiro atoms. The minimum Gasteiger partial charge on any atom is -0.488 e. The van der Waals surface area contributed by atoms with Gasteiger partial charge < -0.3 is 15.4 Å². The maximum absolute atomic E-state index is 6.00. The van der Waals surface area contributed by atoms with E-state index in [2.05, 4.69) is 52.0 Å². The van der Waals surface area contributed by atoms with E-state index >= 15 is 0 Å². The van der Waals surface area contributed by atoms with Crippen LogP contribution in [0.3, 0.4) is 0 Å². The van der Waals surface area contributed by atoms with Crippen LogP contribution in [-0.2, 0) is 6.61 Å². The molecular formula is C24H22BrN7O. The van der Waals surface area contributed by atoms with Crippen LogP contribution in [0, 0.1) is 0 Å². The van der Waals surface area contributed by atoms with Crippen LogP contribution < -0.4 is 20.8 Å². The number of anilines is 4. The third-order valence-electron chi connectivity index (χ3n) is 4.47. The van der Waals surface area contributed by atoms with Crippen molar-refractivity contribution in [3.63, 3.8) is 0 Å². The molecule has 0 saturated carbocycles. The number of benzene rings is 3. The third-order valence-corrected chi connectivity index (χ3v) is 4.96. The topological polar surface area (TPSA) is 96.4 Å². The Morgan fingerprint density at radius 2 is 1.58 bits per heavy atom. The predicted molar refractivity (Wildman–Crippen MR) is 135 cm³/mol. The number of hydrazone groups is 1. The van der Waals surface area contributed by atoms with Crippen molar-refractivity contribution in [3.8, 4) is 5.75 Å². The molecule has 4 aromatic rings. The van der Waals surface area contributed by atoms with Crippen LogP contribution in [0.2, 0.25) is 0 Å². The summed E-state index contributed by atoms with van der Waals surface area (Å²) in [6, 6.07) is 25.4. The zero-order valence-corrected chi connectivity index (χ0v) is 19.5. The Balaban J connectivity index is 1.48. The smallest absolute Gasteiger partial charge is 0.250 e. The summed E-state index contributed by atoms with van der Waals surface area (Å²) in [5.41, 5.74) is 5.63. The van der Waals surface area contributed by atoms with Gasteiger partial charge in [0.1, 0.15) is 12.4 Å². The highest BCUT2D eigenvalue weighted by atomic mass is 79.9. The number of hydrogen-bond acceptors (Lipinski definition) is 8. The van der Waals surface area contributed by atoms with Gasteiger partial charge in [-0.05, 0) is 35.9 Å². The second kappa shape index (κ2) is 11.1. The maximum atomic E-state index is 6.00. The lowest BCUT2D eigenvalue weighted by atomic mass is 10.2. The van der Waals surface area contributed by atoms with Crippen molar-refractivity contribution in [3.05, 3.63) is 94.5 Å². The van der Waals surface area contributed by atoms with E-state index in [4.69, 9.17) is 4.74 Å². The molecule has 0 aliphatic rings. The first-order chi connectivity index (χ1) is 16.2. The van der Waals surface area contributed by atoms with Crippen LogP contribution in [0.5, 0.6) is 5.75 Å². The molecule has 3 N–H and O–H groups in total. The number of ether oxygens (including phenoxy) is 1. The Labute approximate surface area is 200 Å². The Kier molecular flexibility index (Phi) is 7.44. The highest BCUT2D eigenvalue weighted by molar-refractivity contribution is 9.10. The first-order valence-electron chi connectivity index (χ1n) is 10.2. The molecule has 0 amide bonds. The fourth-order valence-electron chi connectivity index (χ4n) is 2.89. The lowest BCUT2D eigenvalue weighted by Crippen LogP contribution is -2.07. The molecule has 1 aromatic heterocycles. The van der Waals surface area contributed by atoms with E-state index in [-0.39, 0.29) is 0 Å². The monoisotopic (exact) mass is 503 g/mol. The van der Waals surface area contributed by atoms with Gasteiger partial charge in [-0.3, -0.25) is 0 Å². The summed E-state index contributed by atoms with van der Waals surface area (Å²) in [6.07, 6.45) is 1.66. The molecule has 0 aliphatic heterocycles. The average Bonchev–Trinajstić information content (AvgIpc) is 2.84. The van der Waals surface area contributed by atoms with Gasteiger partial charge in [-0.15, -0.1) is 0 Å². The van der Waals surface area contributed by atoms with Gasteiger partial charge in [0.2, 0.25) is 17.8 Å². The van der Waals surface area contributed by atoms with Crippen LogP contribution in [0.25, 0.3) is 0 Å². The van der Waals surface area contributed by atoms with Crippen molar-refractivity contribution < 1.29 is 4.74 Å². The summed E-state index contributed by atoms with van der Waals surface area (Å²) < 4.78 is 6.92. The summed E-state index contributed by atoms with van der Waals surface area (Å²) in [5.74, 6) is 1.82. The summed E-state index contributed by atoms with van der Waals surface area (Å²) in [6.45, 7) is 0.463. The van der Waals surface area contributed by atoms with Gasteiger partial charge in [0.05, 0.1) is 6.21 Å². The highest BCUT2D eigenvalue weighted by Crippen LogP contribution is 2.23. The molecule has 0 aliphatic carbocycles. The number of para-hydroxylation sites is 1. The summed E-state index contributed by atoms with van der Waals surface area (Å²) in [7, 11) is 1.74. The minimum atomic E-state index is 0.297. The molecule has 0 radical (unpaired) electrons. The molecule has 4 rings (SSSR count). The molecule has 0 bridgehead atoms. The quantitative estimate of drug-likeness (QED) is 0.206. The predicted octanol–water partition coefficient (Wildman–Crippen LogP) is 5.44. The third kappa shape index (κ3) is 6.50. The normalized spacial score (nSPS) is 10.7. The van der Waals surface area contributed by atoms with E-state index in [1.54, 1.807) is 13.3 Å².